The molecule has 1 aliphatic rings. The number of ether oxygens (including phenoxy) is 4. The number of rotatable bonds is 8. The normalized spacial score (nSPS) is 22.2. The van der Waals surface area contributed by atoms with E-state index in [4.69, 9.17) is 18.9 Å². The maximum absolute atomic E-state index is 11.7. The highest BCUT2D eigenvalue weighted by Crippen LogP contribution is 2.16. The molecule has 0 aliphatic carbocycles. The number of hydrogen-bond acceptors (Lipinski definition) is 6. The van der Waals surface area contributed by atoms with E-state index in [2.05, 4.69) is 0 Å². The van der Waals surface area contributed by atoms with Gasteiger partial charge >= 0.3 is 11.9 Å². The van der Waals surface area contributed by atoms with Crippen LogP contribution in [0, 0.1) is 0 Å². The Labute approximate surface area is 113 Å². The summed E-state index contributed by atoms with van der Waals surface area (Å²) in [7, 11) is 0. The van der Waals surface area contributed by atoms with Gasteiger partial charge in [-0.25, -0.2) is 9.59 Å². The summed E-state index contributed by atoms with van der Waals surface area (Å²) in [5.41, 5.74) is 0. The molecule has 1 saturated heterocycles. The van der Waals surface area contributed by atoms with Crippen molar-refractivity contribution in [2.75, 3.05) is 20.0 Å². The van der Waals surface area contributed by atoms with Crippen molar-refractivity contribution in [1.29, 1.82) is 0 Å². The van der Waals surface area contributed by atoms with Gasteiger partial charge in [-0.05, 0) is 12.8 Å². The molecule has 1 fully saturated rings. The lowest BCUT2D eigenvalue weighted by Gasteiger charge is -2.15. The third-order valence-corrected chi connectivity index (χ3v) is 2.72. The number of hydrogen-bond donors (Lipinski definition) is 0. The highest BCUT2D eigenvalue weighted by molar-refractivity contribution is 5.86. The Morgan fingerprint density at radius 3 is 1.74 bits per heavy atom. The molecule has 0 aromatic rings. The highest BCUT2D eigenvalue weighted by atomic mass is 16.7. The Kier molecular flexibility index (Phi) is 7.43. The van der Waals surface area contributed by atoms with E-state index in [1.807, 2.05) is 13.8 Å². The lowest BCUT2D eigenvalue weighted by Crippen LogP contribution is -2.39. The molecule has 6 nitrogen and oxygen atoms in total. The SMILES string of the molecule is CCCCOC(=O)C1OCOC1C(=O)OCCCC. The van der Waals surface area contributed by atoms with Gasteiger partial charge in [0.15, 0.2) is 12.2 Å². The number of esters is 2. The first kappa shape index (κ1) is 15.9. The van der Waals surface area contributed by atoms with Crippen LogP contribution in [0.3, 0.4) is 0 Å². The maximum atomic E-state index is 11.7. The fraction of sp³-hybridized carbons (Fsp3) is 0.846. The van der Waals surface area contributed by atoms with Gasteiger partial charge in [-0.15, -0.1) is 0 Å². The van der Waals surface area contributed by atoms with Gasteiger partial charge in [0.05, 0.1) is 13.2 Å². The second-order valence-corrected chi connectivity index (χ2v) is 4.33. The van der Waals surface area contributed by atoms with Crippen molar-refractivity contribution < 1.29 is 28.5 Å². The molecule has 2 atom stereocenters. The Hall–Kier alpha value is -1.14. The molecule has 0 aromatic heterocycles. The number of carbonyl (C=O) groups excluding carboxylic acids is 2. The van der Waals surface area contributed by atoms with Crippen molar-refractivity contribution in [3.63, 3.8) is 0 Å². The molecule has 2 unspecified atom stereocenters. The summed E-state index contributed by atoms with van der Waals surface area (Å²) < 4.78 is 20.2. The van der Waals surface area contributed by atoms with E-state index in [9.17, 15) is 9.59 Å². The molecule has 0 aromatic carbocycles. The largest absolute Gasteiger partial charge is 0.464 e. The van der Waals surface area contributed by atoms with Gasteiger partial charge in [-0.1, -0.05) is 26.7 Å². The fourth-order valence-electron chi connectivity index (χ4n) is 1.54. The molecular formula is C13H22O6. The molecule has 0 saturated carbocycles. The zero-order valence-electron chi connectivity index (χ0n) is 11.6. The van der Waals surface area contributed by atoms with Crippen LogP contribution in [0.1, 0.15) is 39.5 Å². The van der Waals surface area contributed by atoms with Gasteiger partial charge in [-0.3, -0.25) is 0 Å². The van der Waals surface area contributed by atoms with E-state index in [0.29, 0.717) is 13.2 Å². The summed E-state index contributed by atoms with van der Waals surface area (Å²) in [5.74, 6) is -1.13. The monoisotopic (exact) mass is 274 g/mol. The van der Waals surface area contributed by atoms with Crippen LogP contribution in [0.2, 0.25) is 0 Å². The van der Waals surface area contributed by atoms with Gasteiger partial charge in [0.25, 0.3) is 0 Å². The quantitative estimate of drug-likeness (QED) is 0.492. The van der Waals surface area contributed by atoms with Crippen LogP contribution in [0.25, 0.3) is 0 Å². The van der Waals surface area contributed by atoms with E-state index >= 15 is 0 Å². The highest BCUT2D eigenvalue weighted by Gasteiger charge is 2.42. The van der Waals surface area contributed by atoms with Gasteiger partial charge in [0, 0.05) is 0 Å². The molecule has 1 heterocycles. The smallest absolute Gasteiger partial charge is 0.338 e. The van der Waals surface area contributed by atoms with Gasteiger partial charge in [-0.2, -0.15) is 0 Å². The average Bonchev–Trinajstić information content (AvgIpc) is 2.88. The third-order valence-electron chi connectivity index (χ3n) is 2.72. The Morgan fingerprint density at radius 2 is 1.37 bits per heavy atom. The second kappa shape index (κ2) is 8.87. The van der Waals surface area contributed by atoms with Crippen LogP contribution in [-0.4, -0.2) is 44.2 Å². The van der Waals surface area contributed by atoms with Crippen LogP contribution in [0.4, 0.5) is 0 Å². The lowest BCUT2D eigenvalue weighted by atomic mass is 10.2. The number of unbranched alkanes of at least 4 members (excludes halogenated alkanes) is 2. The molecular weight excluding hydrogens is 252 g/mol. The fourth-order valence-corrected chi connectivity index (χ4v) is 1.54. The van der Waals surface area contributed by atoms with Crippen LogP contribution >= 0.6 is 0 Å². The number of carbonyl (C=O) groups is 2. The minimum atomic E-state index is -1.01. The Bertz CT molecular complexity index is 263. The van der Waals surface area contributed by atoms with E-state index in [0.717, 1.165) is 25.7 Å². The summed E-state index contributed by atoms with van der Waals surface area (Å²) in [6.07, 6.45) is 1.41. The summed E-state index contributed by atoms with van der Waals surface area (Å²) >= 11 is 0. The molecule has 0 amide bonds. The summed E-state index contributed by atoms with van der Waals surface area (Å²) in [6.45, 7) is 4.55. The summed E-state index contributed by atoms with van der Waals surface area (Å²) in [5, 5.41) is 0. The first-order valence-corrected chi connectivity index (χ1v) is 6.77. The van der Waals surface area contributed by atoms with E-state index in [1.165, 1.54) is 0 Å². The molecule has 1 rings (SSSR count). The van der Waals surface area contributed by atoms with Gasteiger partial charge < -0.3 is 18.9 Å². The molecule has 6 heteroatoms. The van der Waals surface area contributed by atoms with E-state index < -0.39 is 24.1 Å². The van der Waals surface area contributed by atoms with E-state index in [-0.39, 0.29) is 6.79 Å². The van der Waals surface area contributed by atoms with Crippen molar-refractivity contribution >= 4 is 11.9 Å². The minimum Gasteiger partial charge on any atom is -0.464 e. The Morgan fingerprint density at radius 1 is 0.947 bits per heavy atom. The second-order valence-electron chi connectivity index (χ2n) is 4.33. The molecule has 110 valence electrons. The summed E-state index contributed by atoms with van der Waals surface area (Å²) in [6, 6.07) is 0. The van der Waals surface area contributed by atoms with Crippen molar-refractivity contribution in [3.8, 4) is 0 Å². The average molecular weight is 274 g/mol. The van der Waals surface area contributed by atoms with Crippen LogP contribution in [0.15, 0.2) is 0 Å². The zero-order valence-corrected chi connectivity index (χ0v) is 11.6. The maximum Gasteiger partial charge on any atom is 0.338 e. The van der Waals surface area contributed by atoms with Crippen molar-refractivity contribution in [3.05, 3.63) is 0 Å². The first-order valence-electron chi connectivity index (χ1n) is 6.77. The van der Waals surface area contributed by atoms with Gasteiger partial charge in [0.2, 0.25) is 0 Å². The molecule has 0 radical (unpaired) electrons. The van der Waals surface area contributed by atoms with Crippen LogP contribution in [0.5, 0.6) is 0 Å². The van der Waals surface area contributed by atoms with Crippen LogP contribution < -0.4 is 0 Å². The predicted molar refractivity (Wildman–Crippen MR) is 66.3 cm³/mol. The third kappa shape index (κ3) is 5.16. The first-order chi connectivity index (χ1) is 9.20. The standard InChI is InChI=1S/C13H22O6/c1-3-5-7-16-12(14)10-11(19-9-18-10)13(15)17-8-6-4-2/h10-11H,3-9H2,1-2H3. The molecule has 1 aliphatic heterocycles. The lowest BCUT2D eigenvalue weighted by molar-refractivity contribution is -0.163. The van der Waals surface area contributed by atoms with Crippen molar-refractivity contribution in [1.82, 2.24) is 0 Å². The predicted octanol–water partition coefficient (Wildman–Crippen LogP) is 1.41. The van der Waals surface area contributed by atoms with Crippen molar-refractivity contribution in [2.24, 2.45) is 0 Å². The van der Waals surface area contributed by atoms with E-state index in [1.54, 1.807) is 0 Å². The zero-order chi connectivity index (χ0) is 14.1. The van der Waals surface area contributed by atoms with Gasteiger partial charge in [0.1, 0.15) is 6.79 Å². The topological polar surface area (TPSA) is 71.1 Å². The van der Waals surface area contributed by atoms with Crippen molar-refractivity contribution in [2.45, 2.75) is 51.7 Å². The summed E-state index contributed by atoms with van der Waals surface area (Å²) in [4.78, 5) is 23.5. The molecule has 0 N–H and O–H groups in total. The Balaban J connectivity index is 2.39. The minimum absolute atomic E-state index is 0.0961. The molecule has 19 heavy (non-hydrogen) atoms. The van der Waals surface area contributed by atoms with Crippen LogP contribution in [-0.2, 0) is 28.5 Å². The molecule has 0 spiro atoms. The molecule has 0 bridgehead atoms.